The van der Waals surface area contributed by atoms with Crippen LogP contribution in [-0.2, 0) is 9.47 Å². The van der Waals surface area contributed by atoms with E-state index in [-0.39, 0.29) is 32.4 Å². The molecule has 0 saturated carbocycles. The van der Waals surface area contributed by atoms with Gasteiger partial charge in [-0.1, -0.05) is 194 Å². The zero-order valence-corrected chi connectivity index (χ0v) is 36.3. The summed E-state index contributed by atoms with van der Waals surface area (Å²) in [7, 11) is 4.94. The first-order chi connectivity index (χ1) is 23.8. The molecule has 0 spiro atoms. The molecule has 8 heteroatoms. The molecule has 0 bridgehead atoms. The van der Waals surface area contributed by atoms with E-state index in [4.69, 9.17) is 9.47 Å². The van der Waals surface area contributed by atoms with Crippen LogP contribution in [0.25, 0.3) is 0 Å². The first-order valence-corrected chi connectivity index (χ1v) is 22.4. The molecule has 1 fully saturated rings. The molecule has 1 saturated heterocycles. The first-order valence-electron chi connectivity index (χ1n) is 21.6. The van der Waals surface area contributed by atoms with Gasteiger partial charge in [-0.2, -0.15) is 0 Å². The molecular formula is C42H86BrClN2O4. The minimum absolute atomic E-state index is 0. The van der Waals surface area contributed by atoms with Crippen LogP contribution in [0.1, 0.15) is 219 Å². The van der Waals surface area contributed by atoms with Gasteiger partial charge in [-0.15, -0.1) is 0 Å². The SMILES string of the molecule is CCCCCCCCCCCCCCCCCC[N+](C)(C)CCCCCCCCCCCCCCCCCC.O=[N+]([O-])C1(Br)COCOC1.[Cl-]. The number of rotatable bonds is 35. The van der Waals surface area contributed by atoms with Crippen molar-refractivity contribution in [1.29, 1.82) is 0 Å². The van der Waals surface area contributed by atoms with E-state index in [2.05, 4.69) is 43.9 Å². The van der Waals surface area contributed by atoms with Crippen molar-refractivity contribution in [2.75, 3.05) is 47.2 Å². The van der Waals surface area contributed by atoms with E-state index in [0.717, 1.165) is 0 Å². The van der Waals surface area contributed by atoms with Gasteiger partial charge in [0.25, 0.3) is 0 Å². The van der Waals surface area contributed by atoms with Gasteiger partial charge in [0.1, 0.15) is 20.0 Å². The van der Waals surface area contributed by atoms with Crippen LogP contribution in [0.5, 0.6) is 0 Å². The van der Waals surface area contributed by atoms with E-state index in [0.29, 0.717) is 0 Å². The third-order valence-corrected chi connectivity index (χ3v) is 11.1. The molecule has 1 aliphatic rings. The Balaban J connectivity index is 0. The fourth-order valence-corrected chi connectivity index (χ4v) is 7.21. The molecule has 50 heavy (non-hydrogen) atoms. The summed E-state index contributed by atoms with van der Waals surface area (Å²) in [5.41, 5.74) is 0. The molecule has 0 radical (unpaired) electrons. The van der Waals surface area contributed by atoms with Gasteiger partial charge < -0.3 is 26.4 Å². The molecule has 1 aliphatic heterocycles. The third kappa shape index (κ3) is 36.4. The Hall–Kier alpha value is 0.0500. The van der Waals surface area contributed by atoms with Crippen molar-refractivity contribution in [3.8, 4) is 0 Å². The van der Waals surface area contributed by atoms with Crippen LogP contribution in [0, 0.1) is 10.1 Å². The van der Waals surface area contributed by atoms with Crippen molar-refractivity contribution in [2.24, 2.45) is 0 Å². The molecule has 6 nitrogen and oxygen atoms in total. The van der Waals surface area contributed by atoms with Gasteiger partial charge >= 0.3 is 4.45 Å². The summed E-state index contributed by atoms with van der Waals surface area (Å²) >= 11 is 2.91. The number of unbranched alkanes of at least 4 members (excludes halogenated alkanes) is 30. The molecule has 0 aromatic heterocycles. The van der Waals surface area contributed by atoms with Crippen molar-refractivity contribution in [1.82, 2.24) is 0 Å². The number of nitrogens with zero attached hydrogens (tertiary/aromatic N) is 2. The Morgan fingerprint density at radius 1 is 0.500 bits per heavy atom. The van der Waals surface area contributed by atoms with Crippen LogP contribution in [-0.4, -0.2) is 61.0 Å². The quantitative estimate of drug-likeness (QED) is 0.0160. The molecule has 0 aromatic carbocycles. The van der Waals surface area contributed by atoms with Crippen molar-refractivity contribution < 1.29 is 31.3 Å². The summed E-state index contributed by atoms with van der Waals surface area (Å²) in [6, 6.07) is 0. The summed E-state index contributed by atoms with van der Waals surface area (Å²) in [6.07, 6.45) is 46.9. The highest BCUT2D eigenvalue weighted by Gasteiger charge is 2.43. The number of hydrogen-bond donors (Lipinski definition) is 0. The summed E-state index contributed by atoms with van der Waals surface area (Å²) < 4.78 is 9.49. The molecule has 0 amide bonds. The zero-order chi connectivity index (χ0) is 36.2. The number of hydrogen-bond acceptors (Lipinski definition) is 4. The highest BCUT2D eigenvalue weighted by atomic mass is 79.9. The number of alkyl halides is 1. The van der Waals surface area contributed by atoms with E-state index in [1.54, 1.807) is 0 Å². The minimum atomic E-state index is -1.23. The molecule has 0 N–H and O–H groups in total. The van der Waals surface area contributed by atoms with Gasteiger partial charge in [0.2, 0.25) is 0 Å². The maximum atomic E-state index is 10.3. The standard InChI is InChI=1S/C38H80N.C4H6BrNO4.ClH/c1-5-7-9-11-13-15-17-19-21-23-25-27-29-31-33-35-37-39(3,4)38-36-34-32-30-28-26-24-22-20-18-16-14-12-10-8-6-2;5-4(6(7)8)1-9-3-10-2-4;/h5-38H2,1-4H3;1-3H2;1H/q+1;;/p-1. The van der Waals surface area contributed by atoms with Crippen molar-refractivity contribution in [3.63, 3.8) is 0 Å². The van der Waals surface area contributed by atoms with E-state index < -0.39 is 9.37 Å². The smallest absolute Gasteiger partial charge is 0.320 e. The van der Waals surface area contributed by atoms with E-state index in [1.165, 1.54) is 223 Å². The summed E-state index contributed by atoms with van der Waals surface area (Å²) in [6.45, 7) is 7.64. The average molecular weight is 799 g/mol. The fraction of sp³-hybridized carbons (Fsp3) is 1.00. The summed E-state index contributed by atoms with van der Waals surface area (Å²) in [5.74, 6) is 0. The van der Waals surface area contributed by atoms with Gasteiger partial charge in [-0.3, -0.25) is 10.1 Å². The van der Waals surface area contributed by atoms with Crippen LogP contribution < -0.4 is 12.4 Å². The van der Waals surface area contributed by atoms with Gasteiger partial charge in [-0.05, 0) is 25.7 Å². The van der Waals surface area contributed by atoms with E-state index in [1.807, 2.05) is 0 Å². The Morgan fingerprint density at radius 2 is 0.720 bits per heavy atom. The molecule has 1 rings (SSSR count). The van der Waals surface area contributed by atoms with Crippen LogP contribution in [0.4, 0.5) is 0 Å². The average Bonchev–Trinajstić information content (AvgIpc) is 3.08. The van der Waals surface area contributed by atoms with E-state index in [9.17, 15) is 10.1 Å². The second-order valence-electron chi connectivity index (χ2n) is 16.0. The molecule has 302 valence electrons. The minimum Gasteiger partial charge on any atom is -1.00 e. The van der Waals surface area contributed by atoms with Crippen LogP contribution >= 0.6 is 15.9 Å². The lowest BCUT2D eigenvalue weighted by molar-refractivity contribution is -0.890. The van der Waals surface area contributed by atoms with Gasteiger partial charge in [-0.25, -0.2) is 0 Å². The maximum absolute atomic E-state index is 10.3. The van der Waals surface area contributed by atoms with Crippen molar-refractivity contribution >= 4 is 15.9 Å². The molecule has 1 heterocycles. The second kappa shape index (κ2) is 38.8. The van der Waals surface area contributed by atoms with Gasteiger partial charge in [0, 0.05) is 20.9 Å². The van der Waals surface area contributed by atoms with Gasteiger partial charge in [0.05, 0.1) is 27.2 Å². The summed E-state index contributed by atoms with van der Waals surface area (Å²) in [4.78, 5) is 9.82. The van der Waals surface area contributed by atoms with Crippen LogP contribution in [0.3, 0.4) is 0 Å². The Labute approximate surface area is 327 Å². The summed E-state index contributed by atoms with van der Waals surface area (Å²) in [5, 5.41) is 10.3. The molecular weight excluding hydrogens is 712 g/mol. The highest BCUT2D eigenvalue weighted by molar-refractivity contribution is 9.10. The second-order valence-corrected chi connectivity index (χ2v) is 17.5. The van der Waals surface area contributed by atoms with Crippen molar-refractivity contribution in [3.05, 3.63) is 10.1 Å². The normalized spacial score (nSPS) is 14.2. The predicted molar refractivity (Wildman–Crippen MR) is 216 cm³/mol. The first kappa shape index (κ1) is 52.2. The number of ether oxygens (including phenoxy) is 2. The largest absolute Gasteiger partial charge is 1.00 e. The lowest BCUT2D eigenvalue weighted by atomic mass is 10.0. The van der Waals surface area contributed by atoms with Crippen molar-refractivity contribution in [2.45, 2.75) is 224 Å². The molecule has 0 aliphatic carbocycles. The molecule has 0 aromatic rings. The number of quaternary nitrogens is 1. The monoisotopic (exact) mass is 797 g/mol. The Morgan fingerprint density at radius 3 is 0.920 bits per heavy atom. The fourth-order valence-electron chi connectivity index (χ4n) is 6.89. The lowest BCUT2D eigenvalue weighted by Gasteiger charge is -2.30. The maximum Gasteiger partial charge on any atom is 0.320 e. The predicted octanol–water partition coefficient (Wildman–Crippen LogP) is 10.9. The zero-order valence-electron chi connectivity index (χ0n) is 33.9. The number of nitro groups is 1. The molecule has 0 atom stereocenters. The van der Waals surface area contributed by atoms with Crippen LogP contribution in [0.15, 0.2) is 0 Å². The molecule has 0 unspecified atom stereocenters. The van der Waals surface area contributed by atoms with E-state index >= 15 is 0 Å². The van der Waals surface area contributed by atoms with Crippen LogP contribution in [0.2, 0.25) is 0 Å². The highest BCUT2D eigenvalue weighted by Crippen LogP contribution is 2.22. The number of halogens is 2. The lowest BCUT2D eigenvalue weighted by Crippen LogP contribution is -3.00. The topological polar surface area (TPSA) is 61.6 Å². The Bertz CT molecular complexity index is 657. The third-order valence-electron chi connectivity index (χ3n) is 10.4. The Kier molecular flexibility index (Phi) is 40.4. The van der Waals surface area contributed by atoms with Gasteiger partial charge in [0.15, 0.2) is 0 Å².